The molecule has 0 heterocycles. The van der Waals surface area contributed by atoms with E-state index in [0.29, 0.717) is 0 Å². The summed E-state index contributed by atoms with van der Waals surface area (Å²) in [5.74, 6) is 7.33. The Morgan fingerprint density at radius 1 is 1.14 bits per heavy atom. The van der Waals surface area contributed by atoms with Crippen LogP contribution in [0.5, 0.6) is 11.5 Å². The van der Waals surface area contributed by atoms with Crippen LogP contribution in [0.15, 0.2) is 18.2 Å². The van der Waals surface area contributed by atoms with Crippen molar-refractivity contribution in [3.63, 3.8) is 0 Å². The highest BCUT2D eigenvalue weighted by Gasteiger charge is 2.38. The van der Waals surface area contributed by atoms with E-state index in [9.17, 15) is 0 Å². The second-order valence-corrected chi connectivity index (χ2v) is 5.42. The van der Waals surface area contributed by atoms with Crippen molar-refractivity contribution in [3.8, 4) is 11.5 Å². The summed E-state index contributed by atoms with van der Waals surface area (Å²) >= 11 is 0. The lowest BCUT2D eigenvalue weighted by Crippen LogP contribution is -2.54. The molecule has 1 aromatic rings. The zero-order valence-corrected chi connectivity index (χ0v) is 14.1. The fourth-order valence-corrected chi connectivity index (χ4v) is 3.14. The van der Waals surface area contributed by atoms with Gasteiger partial charge in [0, 0.05) is 5.54 Å². The first-order chi connectivity index (χ1) is 10.00. The second-order valence-electron chi connectivity index (χ2n) is 5.42. The molecule has 5 nitrogen and oxygen atoms in total. The van der Waals surface area contributed by atoms with Crippen LogP contribution in [0.3, 0.4) is 0 Å². The second kappa shape index (κ2) is 7.64. The standard InChI is InChI=1S/C16H29N3O2/c1-7-16(8-2,19(3)4)15(18-17)12-9-10-13(20-5)14(11-12)21-6/h9-11,15,18H,7-8,17H2,1-6H3. The van der Waals surface area contributed by atoms with E-state index in [0.717, 1.165) is 29.9 Å². The Morgan fingerprint density at radius 3 is 2.10 bits per heavy atom. The van der Waals surface area contributed by atoms with Crippen LogP contribution >= 0.6 is 0 Å². The fraction of sp³-hybridized carbons (Fsp3) is 0.625. The maximum atomic E-state index is 5.89. The monoisotopic (exact) mass is 295 g/mol. The van der Waals surface area contributed by atoms with Crippen LogP contribution in [-0.4, -0.2) is 38.8 Å². The van der Waals surface area contributed by atoms with E-state index in [4.69, 9.17) is 15.3 Å². The molecule has 0 bridgehead atoms. The van der Waals surface area contributed by atoms with Crippen LogP contribution in [0, 0.1) is 0 Å². The van der Waals surface area contributed by atoms with E-state index in [2.05, 4.69) is 38.3 Å². The van der Waals surface area contributed by atoms with Crippen molar-refractivity contribution >= 4 is 0 Å². The van der Waals surface area contributed by atoms with Crippen LogP contribution in [0.25, 0.3) is 0 Å². The quantitative estimate of drug-likeness (QED) is 0.569. The molecule has 0 aliphatic rings. The Hall–Kier alpha value is -1.30. The van der Waals surface area contributed by atoms with Crippen molar-refractivity contribution in [2.75, 3.05) is 28.3 Å². The highest BCUT2D eigenvalue weighted by molar-refractivity contribution is 5.44. The minimum Gasteiger partial charge on any atom is -0.493 e. The molecule has 0 fully saturated rings. The van der Waals surface area contributed by atoms with Gasteiger partial charge < -0.3 is 14.4 Å². The number of ether oxygens (including phenoxy) is 2. The molecule has 0 aliphatic carbocycles. The molecule has 0 radical (unpaired) electrons. The van der Waals surface area contributed by atoms with E-state index < -0.39 is 0 Å². The van der Waals surface area contributed by atoms with Gasteiger partial charge in [0.15, 0.2) is 11.5 Å². The van der Waals surface area contributed by atoms with E-state index in [-0.39, 0.29) is 11.6 Å². The molecule has 0 aliphatic heterocycles. The largest absolute Gasteiger partial charge is 0.493 e. The lowest BCUT2D eigenvalue weighted by Gasteiger charge is -2.45. The Bertz CT molecular complexity index is 445. The van der Waals surface area contributed by atoms with Crippen LogP contribution in [-0.2, 0) is 0 Å². The fourth-order valence-electron chi connectivity index (χ4n) is 3.14. The van der Waals surface area contributed by atoms with Crippen molar-refractivity contribution in [2.45, 2.75) is 38.3 Å². The van der Waals surface area contributed by atoms with Gasteiger partial charge in [-0.25, -0.2) is 0 Å². The van der Waals surface area contributed by atoms with Crippen molar-refractivity contribution in [3.05, 3.63) is 23.8 Å². The molecule has 1 rings (SSSR count). The third-order valence-corrected chi connectivity index (χ3v) is 4.56. The third-order valence-electron chi connectivity index (χ3n) is 4.56. The molecule has 0 saturated heterocycles. The molecule has 5 heteroatoms. The topological polar surface area (TPSA) is 59.8 Å². The average molecular weight is 295 g/mol. The molecule has 3 N–H and O–H groups in total. The summed E-state index contributed by atoms with van der Waals surface area (Å²) in [4.78, 5) is 2.24. The number of nitrogens with zero attached hydrogens (tertiary/aromatic N) is 1. The summed E-state index contributed by atoms with van der Waals surface area (Å²) in [5.41, 5.74) is 4.02. The molecule has 21 heavy (non-hydrogen) atoms. The van der Waals surface area contributed by atoms with E-state index >= 15 is 0 Å². The number of benzene rings is 1. The number of nitrogens with one attached hydrogen (secondary N) is 1. The molecule has 0 saturated carbocycles. The molecule has 1 atom stereocenters. The first-order valence-electron chi connectivity index (χ1n) is 7.36. The van der Waals surface area contributed by atoms with Gasteiger partial charge in [0.1, 0.15) is 0 Å². The first-order valence-corrected chi connectivity index (χ1v) is 7.36. The summed E-state index contributed by atoms with van der Waals surface area (Å²) in [6, 6.07) is 5.95. The zero-order valence-electron chi connectivity index (χ0n) is 14.1. The molecular weight excluding hydrogens is 266 g/mol. The normalized spacial score (nSPS) is 13.3. The number of hydrogen-bond donors (Lipinski definition) is 2. The summed E-state index contributed by atoms with van der Waals surface area (Å²) in [5, 5.41) is 0. The van der Waals surface area contributed by atoms with E-state index in [1.165, 1.54) is 0 Å². The highest BCUT2D eigenvalue weighted by atomic mass is 16.5. The Morgan fingerprint density at radius 2 is 1.71 bits per heavy atom. The number of nitrogens with two attached hydrogens (primary N) is 1. The van der Waals surface area contributed by atoms with E-state index in [1.54, 1.807) is 14.2 Å². The van der Waals surface area contributed by atoms with Gasteiger partial charge in [-0.15, -0.1) is 0 Å². The number of methoxy groups -OCH3 is 2. The van der Waals surface area contributed by atoms with Gasteiger partial charge >= 0.3 is 0 Å². The lowest BCUT2D eigenvalue weighted by atomic mass is 9.80. The summed E-state index contributed by atoms with van der Waals surface area (Å²) in [6.07, 6.45) is 1.97. The predicted molar refractivity (Wildman–Crippen MR) is 86.6 cm³/mol. The summed E-state index contributed by atoms with van der Waals surface area (Å²) in [6.45, 7) is 4.38. The molecule has 120 valence electrons. The SMILES string of the molecule is CCC(CC)(C(NN)c1ccc(OC)c(OC)c1)N(C)C. The predicted octanol–water partition coefficient (Wildman–Crippen LogP) is 2.33. The minimum atomic E-state index is -0.0612. The van der Waals surface area contributed by atoms with Crippen molar-refractivity contribution in [1.82, 2.24) is 10.3 Å². The van der Waals surface area contributed by atoms with Crippen molar-refractivity contribution in [1.29, 1.82) is 0 Å². The third kappa shape index (κ3) is 3.31. The Kier molecular flexibility index (Phi) is 6.45. The molecule has 0 aromatic heterocycles. The zero-order chi connectivity index (χ0) is 16.0. The van der Waals surface area contributed by atoms with Gasteiger partial charge in [0.2, 0.25) is 0 Å². The highest BCUT2D eigenvalue weighted by Crippen LogP contribution is 2.38. The number of hydrogen-bond acceptors (Lipinski definition) is 5. The molecule has 1 aromatic carbocycles. The van der Waals surface area contributed by atoms with Crippen molar-refractivity contribution < 1.29 is 9.47 Å². The first kappa shape index (κ1) is 17.8. The van der Waals surface area contributed by atoms with Crippen LogP contribution < -0.4 is 20.7 Å². The summed E-state index contributed by atoms with van der Waals surface area (Å²) in [7, 11) is 7.47. The molecule has 0 spiro atoms. The molecule has 0 amide bonds. The van der Waals surface area contributed by atoms with Crippen LogP contribution in [0.2, 0.25) is 0 Å². The van der Waals surface area contributed by atoms with Crippen molar-refractivity contribution in [2.24, 2.45) is 5.84 Å². The smallest absolute Gasteiger partial charge is 0.161 e. The van der Waals surface area contributed by atoms with Gasteiger partial charge in [-0.2, -0.15) is 0 Å². The van der Waals surface area contributed by atoms with Gasteiger partial charge in [0.05, 0.1) is 20.3 Å². The molecule has 1 unspecified atom stereocenters. The van der Waals surface area contributed by atoms with Gasteiger partial charge in [-0.3, -0.25) is 11.3 Å². The lowest BCUT2D eigenvalue weighted by molar-refractivity contribution is 0.0880. The Balaban J connectivity index is 3.32. The summed E-state index contributed by atoms with van der Waals surface area (Å²) < 4.78 is 10.7. The molecular formula is C16H29N3O2. The maximum Gasteiger partial charge on any atom is 0.161 e. The van der Waals surface area contributed by atoms with Gasteiger partial charge in [0.25, 0.3) is 0 Å². The number of likely N-dealkylation sites (N-methyl/N-ethyl adjacent to an activating group) is 1. The average Bonchev–Trinajstić information content (AvgIpc) is 2.51. The minimum absolute atomic E-state index is 0.00214. The number of hydrazine groups is 1. The Labute approximate surface area is 128 Å². The van der Waals surface area contributed by atoms with Crippen LogP contribution in [0.4, 0.5) is 0 Å². The van der Waals surface area contributed by atoms with E-state index in [1.807, 2.05) is 18.2 Å². The van der Waals surface area contributed by atoms with Gasteiger partial charge in [-0.1, -0.05) is 19.9 Å². The van der Waals surface area contributed by atoms with Crippen LogP contribution in [0.1, 0.15) is 38.3 Å². The maximum absolute atomic E-state index is 5.89. The van der Waals surface area contributed by atoms with Gasteiger partial charge in [-0.05, 0) is 44.6 Å². The number of rotatable bonds is 8.